The molecule has 5 atom stereocenters. The minimum Gasteiger partial charge on any atom is -0.352 e. The smallest absolute Gasteiger partial charge is 0.219 e. The van der Waals surface area contributed by atoms with Crippen LogP contribution < -0.4 is 16.1 Å². The van der Waals surface area contributed by atoms with Crippen molar-refractivity contribution in [2.75, 3.05) is 26.2 Å². The van der Waals surface area contributed by atoms with E-state index < -0.39 is 0 Å². The largest absolute Gasteiger partial charge is 0.352 e. The van der Waals surface area contributed by atoms with Crippen LogP contribution in [0.25, 0.3) is 0 Å². The maximum absolute atomic E-state index is 11.8. The van der Waals surface area contributed by atoms with Crippen molar-refractivity contribution in [3.63, 3.8) is 0 Å². The van der Waals surface area contributed by atoms with Gasteiger partial charge >= 0.3 is 0 Å². The van der Waals surface area contributed by atoms with Crippen LogP contribution in [-0.4, -0.2) is 49.2 Å². The third-order valence-electron chi connectivity index (χ3n) is 8.32. The van der Waals surface area contributed by atoms with Crippen LogP contribution in [0.3, 0.4) is 0 Å². The summed E-state index contributed by atoms with van der Waals surface area (Å²) in [4.78, 5) is 11.8. The van der Waals surface area contributed by atoms with Gasteiger partial charge in [0.05, 0.1) is 0 Å². The van der Waals surface area contributed by atoms with Gasteiger partial charge in [-0.2, -0.15) is 0 Å². The van der Waals surface area contributed by atoms with Crippen molar-refractivity contribution in [2.45, 2.75) is 96.1 Å². The van der Waals surface area contributed by atoms with E-state index in [1.807, 2.05) is 6.92 Å². The molecule has 0 radical (unpaired) electrons. The summed E-state index contributed by atoms with van der Waals surface area (Å²) in [5.74, 6) is 3.53. The van der Waals surface area contributed by atoms with Crippen molar-refractivity contribution in [1.29, 1.82) is 0 Å². The molecule has 2 heterocycles. The van der Waals surface area contributed by atoms with Crippen LogP contribution in [0.2, 0.25) is 0 Å². The van der Waals surface area contributed by atoms with Gasteiger partial charge in [0, 0.05) is 38.1 Å². The standard InChI is InChI=1S/C24H44N4O/c1-2-24(29)26-22-14-21(15-25-16-22)19-9-6-10-20(13-19)23-11-12-28(27-23)17-18-7-4-3-5-8-18/h18-23,25,27H,2-17H2,1H3,(H,26,29). The molecule has 2 saturated heterocycles. The first-order chi connectivity index (χ1) is 14.2. The summed E-state index contributed by atoms with van der Waals surface area (Å²) >= 11 is 0. The van der Waals surface area contributed by atoms with Gasteiger partial charge < -0.3 is 10.6 Å². The van der Waals surface area contributed by atoms with Crippen LogP contribution >= 0.6 is 0 Å². The summed E-state index contributed by atoms with van der Waals surface area (Å²) < 4.78 is 0. The SMILES string of the molecule is CCC(=O)NC1CNCC(C2CCCC(C3CCN(CC4CCCCC4)N3)C2)C1. The second-order valence-corrected chi connectivity index (χ2v) is 10.4. The van der Waals surface area contributed by atoms with E-state index in [2.05, 4.69) is 21.1 Å². The van der Waals surface area contributed by atoms with E-state index in [1.165, 1.54) is 83.7 Å². The fraction of sp³-hybridized carbons (Fsp3) is 0.958. The highest BCUT2D eigenvalue weighted by Crippen LogP contribution is 2.39. The fourth-order valence-corrected chi connectivity index (χ4v) is 6.66. The monoisotopic (exact) mass is 404 g/mol. The van der Waals surface area contributed by atoms with E-state index in [9.17, 15) is 4.79 Å². The molecule has 4 aliphatic rings. The molecule has 5 unspecified atom stereocenters. The lowest BCUT2D eigenvalue weighted by Crippen LogP contribution is -2.51. The minimum atomic E-state index is 0.201. The number of nitrogens with zero attached hydrogens (tertiary/aromatic N) is 1. The number of hydrogen-bond acceptors (Lipinski definition) is 4. The molecule has 29 heavy (non-hydrogen) atoms. The van der Waals surface area contributed by atoms with Gasteiger partial charge in [-0.25, -0.2) is 5.01 Å². The van der Waals surface area contributed by atoms with Crippen LogP contribution in [0, 0.1) is 23.7 Å². The lowest BCUT2D eigenvalue weighted by molar-refractivity contribution is -0.121. The highest BCUT2D eigenvalue weighted by molar-refractivity contribution is 5.75. The van der Waals surface area contributed by atoms with Crippen LogP contribution in [0.1, 0.15) is 84.0 Å². The number of carbonyl (C=O) groups excluding carboxylic acids is 1. The Bertz CT molecular complexity index is 521. The third-order valence-corrected chi connectivity index (χ3v) is 8.32. The van der Waals surface area contributed by atoms with Gasteiger partial charge in [0.2, 0.25) is 5.91 Å². The molecule has 0 aromatic rings. The number of nitrogens with one attached hydrogen (secondary N) is 3. The normalized spacial score (nSPS) is 37.5. The Morgan fingerprint density at radius 1 is 0.931 bits per heavy atom. The van der Waals surface area contributed by atoms with Crippen molar-refractivity contribution in [2.24, 2.45) is 23.7 Å². The Morgan fingerprint density at radius 2 is 1.76 bits per heavy atom. The molecule has 5 heteroatoms. The third kappa shape index (κ3) is 5.95. The van der Waals surface area contributed by atoms with Crippen LogP contribution in [0.4, 0.5) is 0 Å². The predicted molar refractivity (Wildman–Crippen MR) is 118 cm³/mol. The van der Waals surface area contributed by atoms with Gasteiger partial charge in [-0.1, -0.05) is 39.0 Å². The summed E-state index contributed by atoms with van der Waals surface area (Å²) in [6.07, 6.45) is 15.9. The van der Waals surface area contributed by atoms with Crippen LogP contribution in [0.15, 0.2) is 0 Å². The van der Waals surface area contributed by atoms with E-state index in [1.54, 1.807) is 0 Å². The molecule has 166 valence electrons. The Kier molecular flexibility index (Phi) is 7.88. The first-order valence-corrected chi connectivity index (χ1v) is 12.7. The van der Waals surface area contributed by atoms with E-state index in [0.717, 1.165) is 36.8 Å². The molecule has 2 aliphatic carbocycles. The van der Waals surface area contributed by atoms with Gasteiger partial charge in [-0.05, 0) is 68.7 Å². The zero-order valence-electron chi connectivity index (χ0n) is 18.6. The van der Waals surface area contributed by atoms with Gasteiger partial charge in [-0.15, -0.1) is 0 Å². The highest BCUT2D eigenvalue weighted by atomic mass is 16.1. The molecular weight excluding hydrogens is 360 g/mol. The summed E-state index contributed by atoms with van der Waals surface area (Å²) in [6.45, 7) is 6.55. The van der Waals surface area contributed by atoms with E-state index in [4.69, 9.17) is 0 Å². The summed E-state index contributed by atoms with van der Waals surface area (Å²) in [6, 6.07) is 1.03. The Hall–Kier alpha value is -0.650. The van der Waals surface area contributed by atoms with E-state index in [0.29, 0.717) is 18.5 Å². The predicted octanol–water partition coefficient (Wildman–Crippen LogP) is 3.46. The van der Waals surface area contributed by atoms with Gasteiger partial charge in [0.1, 0.15) is 0 Å². The van der Waals surface area contributed by atoms with E-state index in [-0.39, 0.29) is 5.91 Å². The summed E-state index contributed by atoms with van der Waals surface area (Å²) in [5.41, 5.74) is 3.93. The molecule has 4 rings (SSSR count). The topological polar surface area (TPSA) is 56.4 Å². The molecule has 0 aromatic carbocycles. The van der Waals surface area contributed by atoms with Crippen molar-refractivity contribution in [3.8, 4) is 0 Å². The Balaban J connectivity index is 1.24. The van der Waals surface area contributed by atoms with Crippen LogP contribution in [0.5, 0.6) is 0 Å². The molecule has 2 aliphatic heterocycles. The number of carbonyl (C=O) groups is 1. The molecule has 4 fully saturated rings. The quantitative estimate of drug-likeness (QED) is 0.635. The average molecular weight is 405 g/mol. The molecule has 1 amide bonds. The van der Waals surface area contributed by atoms with E-state index >= 15 is 0 Å². The zero-order chi connectivity index (χ0) is 20.1. The first-order valence-electron chi connectivity index (χ1n) is 12.7. The number of amides is 1. The maximum Gasteiger partial charge on any atom is 0.219 e. The molecule has 3 N–H and O–H groups in total. The Labute approximate surface area is 178 Å². The molecule has 0 aromatic heterocycles. The lowest BCUT2D eigenvalue weighted by Gasteiger charge is -2.41. The summed E-state index contributed by atoms with van der Waals surface area (Å²) in [7, 11) is 0. The van der Waals surface area contributed by atoms with Crippen molar-refractivity contribution < 1.29 is 4.79 Å². The first kappa shape index (κ1) is 21.6. The molecular formula is C24H44N4O. The average Bonchev–Trinajstić information content (AvgIpc) is 3.23. The second-order valence-electron chi connectivity index (χ2n) is 10.4. The van der Waals surface area contributed by atoms with Gasteiger partial charge in [0.25, 0.3) is 0 Å². The van der Waals surface area contributed by atoms with Crippen molar-refractivity contribution in [3.05, 3.63) is 0 Å². The minimum absolute atomic E-state index is 0.201. The lowest BCUT2D eigenvalue weighted by atomic mass is 9.70. The van der Waals surface area contributed by atoms with Gasteiger partial charge in [-0.3, -0.25) is 10.2 Å². The number of piperidine rings is 1. The fourth-order valence-electron chi connectivity index (χ4n) is 6.66. The number of hydrazine groups is 1. The summed E-state index contributed by atoms with van der Waals surface area (Å²) in [5, 5.41) is 9.41. The van der Waals surface area contributed by atoms with Crippen molar-refractivity contribution in [1.82, 2.24) is 21.1 Å². The van der Waals surface area contributed by atoms with Crippen molar-refractivity contribution >= 4 is 5.91 Å². The number of hydrogen-bond donors (Lipinski definition) is 3. The molecule has 2 saturated carbocycles. The molecule has 5 nitrogen and oxygen atoms in total. The van der Waals surface area contributed by atoms with Gasteiger partial charge in [0.15, 0.2) is 0 Å². The molecule has 0 spiro atoms. The van der Waals surface area contributed by atoms with Crippen LogP contribution in [-0.2, 0) is 4.79 Å². The number of rotatable bonds is 6. The zero-order valence-corrected chi connectivity index (χ0v) is 18.6. The highest BCUT2D eigenvalue weighted by Gasteiger charge is 2.37. The maximum atomic E-state index is 11.8. The Morgan fingerprint density at radius 3 is 2.59 bits per heavy atom. The second kappa shape index (κ2) is 10.6. The molecule has 0 bridgehead atoms.